The van der Waals surface area contributed by atoms with Gasteiger partial charge in [0.05, 0.1) is 19.7 Å². The fourth-order valence-corrected chi connectivity index (χ4v) is 3.17. The quantitative estimate of drug-likeness (QED) is 0.552. The van der Waals surface area contributed by atoms with Gasteiger partial charge in [0.25, 0.3) is 0 Å². The number of methoxy groups -OCH3 is 1. The van der Waals surface area contributed by atoms with Gasteiger partial charge in [-0.3, -0.25) is 9.89 Å². The highest BCUT2D eigenvalue weighted by Gasteiger charge is 2.11. The third kappa shape index (κ3) is 3.57. The zero-order valence-electron chi connectivity index (χ0n) is 15.7. The van der Waals surface area contributed by atoms with Gasteiger partial charge < -0.3 is 10.1 Å². The van der Waals surface area contributed by atoms with Crippen LogP contribution in [0.1, 0.15) is 11.1 Å². The van der Waals surface area contributed by atoms with Gasteiger partial charge in [0.1, 0.15) is 11.6 Å². The van der Waals surface area contributed by atoms with Gasteiger partial charge >= 0.3 is 0 Å². The summed E-state index contributed by atoms with van der Waals surface area (Å²) in [5.41, 5.74) is 3.93. The molecule has 4 aromatic rings. The molecule has 4 rings (SSSR count). The molecule has 6 nitrogen and oxygen atoms in total. The molecule has 0 saturated carbocycles. The summed E-state index contributed by atoms with van der Waals surface area (Å²) in [6.07, 6.45) is 5.70. The Hall–Kier alpha value is -3.67. The first-order valence-corrected chi connectivity index (χ1v) is 8.95. The number of amides is 1. The second-order valence-corrected chi connectivity index (χ2v) is 6.59. The summed E-state index contributed by atoms with van der Waals surface area (Å²) >= 11 is 0. The summed E-state index contributed by atoms with van der Waals surface area (Å²) in [5, 5.41) is 11.8. The number of carbonyl (C=O) groups is 1. The van der Waals surface area contributed by atoms with Crippen molar-refractivity contribution < 1.29 is 9.53 Å². The van der Waals surface area contributed by atoms with Crippen LogP contribution in [0.3, 0.4) is 0 Å². The molecule has 2 aromatic heterocycles. The molecule has 0 fully saturated rings. The number of hydrogen-bond acceptors (Lipinski definition) is 4. The van der Waals surface area contributed by atoms with E-state index < -0.39 is 0 Å². The molecule has 140 valence electrons. The van der Waals surface area contributed by atoms with Gasteiger partial charge in [-0.15, -0.1) is 0 Å². The molecule has 1 amide bonds. The van der Waals surface area contributed by atoms with Crippen molar-refractivity contribution in [2.75, 3.05) is 12.4 Å². The van der Waals surface area contributed by atoms with E-state index in [4.69, 9.17) is 4.74 Å². The maximum Gasteiger partial charge on any atom is 0.229 e. The van der Waals surface area contributed by atoms with Crippen molar-refractivity contribution >= 4 is 22.5 Å². The van der Waals surface area contributed by atoms with Crippen LogP contribution in [0, 0.1) is 6.92 Å². The summed E-state index contributed by atoms with van der Waals surface area (Å²) in [5.74, 6) is 1.24. The summed E-state index contributed by atoms with van der Waals surface area (Å²) in [6, 6.07) is 13.6. The van der Waals surface area contributed by atoms with E-state index in [9.17, 15) is 4.79 Å². The third-order valence-corrected chi connectivity index (χ3v) is 4.76. The summed E-state index contributed by atoms with van der Waals surface area (Å²) in [7, 11) is 1.62. The van der Waals surface area contributed by atoms with Crippen molar-refractivity contribution in [2.24, 2.45) is 0 Å². The Bertz CT molecular complexity index is 1120. The number of aryl methyl sites for hydroxylation is 1. The molecule has 0 aliphatic heterocycles. The molecule has 0 spiro atoms. The van der Waals surface area contributed by atoms with Gasteiger partial charge in [-0.1, -0.05) is 24.3 Å². The van der Waals surface area contributed by atoms with Crippen LogP contribution in [0.2, 0.25) is 0 Å². The number of fused-ring (bicyclic) bond motifs is 1. The normalized spacial score (nSPS) is 10.8. The zero-order chi connectivity index (χ0) is 19.5. The number of pyridine rings is 1. The predicted molar refractivity (Wildman–Crippen MR) is 109 cm³/mol. The predicted octanol–water partition coefficient (Wildman–Crippen LogP) is 4.12. The van der Waals surface area contributed by atoms with E-state index in [1.807, 2.05) is 49.5 Å². The number of benzene rings is 2. The summed E-state index contributed by atoms with van der Waals surface area (Å²) in [6.45, 7) is 1.97. The van der Waals surface area contributed by atoms with Crippen LogP contribution in [-0.4, -0.2) is 28.2 Å². The molecule has 0 saturated heterocycles. The largest absolute Gasteiger partial charge is 0.497 e. The maximum atomic E-state index is 12.5. The second kappa shape index (κ2) is 7.52. The van der Waals surface area contributed by atoms with Crippen molar-refractivity contribution in [1.82, 2.24) is 15.2 Å². The van der Waals surface area contributed by atoms with Crippen molar-refractivity contribution in [2.45, 2.75) is 13.3 Å². The van der Waals surface area contributed by atoms with E-state index in [0.29, 0.717) is 5.82 Å². The SMILES string of the molecule is COc1ccc(CC(=O)Nc2ncc3ccc(-c4cn[nH]c4)cc3c2C)cc1. The van der Waals surface area contributed by atoms with Crippen LogP contribution in [0.15, 0.2) is 61.1 Å². The Balaban J connectivity index is 1.57. The number of rotatable bonds is 5. The average molecular weight is 372 g/mol. The fourth-order valence-electron chi connectivity index (χ4n) is 3.17. The molecule has 2 N–H and O–H groups in total. The van der Waals surface area contributed by atoms with Crippen LogP contribution in [0.5, 0.6) is 5.75 Å². The average Bonchev–Trinajstić information content (AvgIpc) is 3.25. The van der Waals surface area contributed by atoms with Crippen LogP contribution < -0.4 is 10.1 Å². The molecule has 0 aliphatic carbocycles. The van der Waals surface area contributed by atoms with Gasteiger partial charge in [0.2, 0.25) is 5.91 Å². The maximum absolute atomic E-state index is 12.5. The Morgan fingerprint density at radius 2 is 1.93 bits per heavy atom. The molecular weight excluding hydrogens is 352 g/mol. The number of carbonyl (C=O) groups excluding carboxylic acids is 1. The van der Waals surface area contributed by atoms with Crippen LogP contribution in [0.4, 0.5) is 5.82 Å². The Labute approximate surface area is 162 Å². The molecule has 0 aliphatic rings. The monoisotopic (exact) mass is 372 g/mol. The van der Waals surface area contributed by atoms with Crippen LogP contribution in [-0.2, 0) is 11.2 Å². The van der Waals surface area contributed by atoms with E-state index >= 15 is 0 Å². The Morgan fingerprint density at radius 3 is 2.64 bits per heavy atom. The number of ether oxygens (including phenoxy) is 1. The van der Waals surface area contributed by atoms with Gasteiger partial charge in [-0.2, -0.15) is 5.10 Å². The smallest absolute Gasteiger partial charge is 0.229 e. The standard InChI is InChI=1S/C22H20N4O2/c1-14-20-10-16(18-12-24-25-13-18)5-6-17(20)11-23-22(14)26-21(27)9-15-3-7-19(28-2)8-4-15/h3-8,10-13H,9H2,1-2H3,(H,24,25)(H,23,26,27). The molecule has 6 heteroatoms. The highest BCUT2D eigenvalue weighted by Crippen LogP contribution is 2.28. The number of H-pyrrole nitrogens is 1. The highest BCUT2D eigenvalue weighted by molar-refractivity contribution is 5.97. The van der Waals surface area contributed by atoms with Crippen molar-refractivity contribution in [1.29, 1.82) is 0 Å². The molecule has 0 atom stereocenters. The van der Waals surface area contributed by atoms with Crippen molar-refractivity contribution in [3.05, 3.63) is 72.2 Å². The molecule has 0 radical (unpaired) electrons. The lowest BCUT2D eigenvalue weighted by atomic mass is 10.0. The molecule has 0 unspecified atom stereocenters. The minimum absolute atomic E-state index is 0.105. The van der Waals surface area contributed by atoms with E-state index in [1.54, 1.807) is 19.5 Å². The lowest BCUT2D eigenvalue weighted by Gasteiger charge is -2.11. The van der Waals surface area contributed by atoms with Crippen LogP contribution in [0.25, 0.3) is 21.9 Å². The minimum Gasteiger partial charge on any atom is -0.497 e. The first-order chi connectivity index (χ1) is 13.6. The van der Waals surface area contributed by atoms with Gasteiger partial charge in [0.15, 0.2) is 0 Å². The second-order valence-electron chi connectivity index (χ2n) is 6.59. The minimum atomic E-state index is -0.105. The molecule has 0 bridgehead atoms. The van der Waals surface area contributed by atoms with E-state index in [0.717, 1.165) is 38.8 Å². The number of nitrogens with one attached hydrogen (secondary N) is 2. The molecule has 2 aromatic carbocycles. The Morgan fingerprint density at radius 1 is 1.11 bits per heavy atom. The first kappa shape index (κ1) is 17.7. The number of nitrogens with zero attached hydrogens (tertiary/aromatic N) is 2. The highest BCUT2D eigenvalue weighted by atomic mass is 16.5. The third-order valence-electron chi connectivity index (χ3n) is 4.76. The number of anilines is 1. The van der Waals surface area contributed by atoms with E-state index in [1.165, 1.54) is 0 Å². The van der Waals surface area contributed by atoms with Gasteiger partial charge in [-0.25, -0.2) is 4.98 Å². The summed E-state index contributed by atoms with van der Waals surface area (Å²) in [4.78, 5) is 16.9. The Kier molecular flexibility index (Phi) is 4.76. The lowest BCUT2D eigenvalue weighted by Crippen LogP contribution is -2.16. The zero-order valence-corrected chi connectivity index (χ0v) is 15.7. The van der Waals surface area contributed by atoms with Gasteiger partial charge in [-0.05, 0) is 47.2 Å². The number of aromatic nitrogens is 3. The lowest BCUT2D eigenvalue weighted by molar-refractivity contribution is -0.115. The van der Waals surface area contributed by atoms with Crippen molar-refractivity contribution in [3.63, 3.8) is 0 Å². The number of hydrogen-bond donors (Lipinski definition) is 2. The summed E-state index contributed by atoms with van der Waals surface area (Å²) < 4.78 is 5.15. The molecule has 2 heterocycles. The topological polar surface area (TPSA) is 79.9 Å². The number of aromatic amines is 1. The molecule has 28 heavy (non-hydrogen) atoms. The van der Waals surface area contributed by atoms with Crippen LogP contribution >= 0.6 is 0 Å². The van der Waals surface area contributed by atoms with E-state index in [-0.39, 0.29) is 12.3 Å². The molecular formula is C22H20N4O2. The van der Waals surface area contributed by atoms with E-state index in [2.05, 4.69) is 26.6 Å². The first-order valence-electron chi connectivity index (χ1n) is 8.95. The van der Waals surface area contributed by atoms with Crippen molar-refractivity contribution in [3.8, 4) is 16.9 Å². The fraction of sp³-hybridized carbons (Fsp3) is 0.136. The van der Waals surface area contributed by atoms with Gasteiger partial charge in [0, 0.05) is 23.3 Å².